The lowest BCUT2D eigenvalue weighted by Gasteiger charge is -2.32. The highest BCUT2D eigenvalue weighted by Crippen LogP contribution is 2.27. The van der Waals surface area contributed by atoms with E-state index in [9.17, 15) is 9.90 Å². The summed E-state index contributed by atoms with van der Waals surface area (Å²) in [5.41, 5.74) is 1.97. The molecule has 3 N–H and O–H groups in total. The summed E-state index contributed by atoms with van der Waals surface area (Å²) >= 11 is 0. The number of amides is 1. The maximum atomic E-state index is 12.4. The first-order valence-electron chi connectivity index (χ1n) is 7.66. The average Bonchev–Trinajstić information content (AvgIpc) is 2.95. The van der Waals surface area contributed by atoms with E-state index in [-0.39, 0.29) is 5.91 Å². The Morgan fingerprint density at radius 1 is 1.29 bits per heavy atom. The van der Waals surface area contributed by atoms with E-state index in [2.05, 4.69) is 10.3 Å². The van der Waals surface area contributed by atoms with Crippen LogP contribution in [0.25, 0.3) is 10.9 Å². The minimum Gasteiger partial charge on any atom is -0.388 e. The van der Waals surface area contributed by atoms with Crippen molar-refractivity contribution in [2.45, 2.75) is 44.6 Å². The van der Waals surface area contributed by atoms with E-state index in [0.717, 1.165) is 42.1 Å². The van der Waals surface area contributed by atoms with Crippen molar-refractivity contribution < 1.29 is 9.90 Å². The van der Waals surface area contributed by atoms with E-state index >= 15 is 0 Å². The fraction of sp³-hybridized carbons (Fsp3) is 0.471. The molecule has 3 rings (SSSR count). The quantitative estimate of drug-likeness (QED) is 0.812. The van der Waals surface area contributed by atoms with Crippen LogP contribution in [0.5, 0.6) is 0 Å². The number of benzene rings is 1. The molecule has 1 aliphatic rings. The minimum atomic E-state index is -0.722. The van der Waals surface area contributed by atoms with E-state index < -0.39 is 5.60 Å². The van der Waals surface area contributed by atoms with E-state index in [1.807, 2.05) is 31.3 Å². The molecule has 0 atom stereocenters. The molecule has 0 bridgehead atoms. The molecule has 0 aliphatic heterocycles. The molecular formula is C17H22N2O2. The van der Waals surface area contributed by atoms with Gasteiger partial charge in [-0.2, -0.15) is 0 Å². The first-order valence-corrected chi connectivity index (χ1v) is 7.66. The molecule has 0 unspecified atom stereocenters. The third kappa shape index (κ3) is 2.81. The highest BCUT2D eigenvalue weighted by Gasteiger charge is 2.29. The van der Waals surface area contributed by atoms with Gasteiger partial charge in [-0.25, -0.2) is 0 Å². The van der Waals surface area contributed by atoms with Crippen molar-refractivity contribution >= 4 is 16.8 Å². The van der Waals surface area contributed by atoms with Gasteiger partial charge in [-0.3, -0.25) is 4.79 Å². The van der Waals surface area contributed by atoms with Crippen LogP contribution in [0.2, 0.25) is 0 Å². The predicted octanol–water partition coefficient (Wildman–Crippen LogP) is 2.90. The van der Waals surface area contributed by atoms with E-state index in [0.29, 0.717) is 12.1 Å². The van der Waals surface area contributed by atoms with Gasteiger partial charge in [-0.05, 0) is 43.5 Å². The Labute approximate surface area is 124 Å². The van der Waals surface area contributed by atoms with E-state index in [4.69, 9.17) is 0 Å². The zero-order valence-electron chi connectivity index (χ0n) is 12.4. The summed E-state index contributed by atoms with van der Waals surface area (Å²) in [4.78, 5) is 15.5. The molecule has 1 aromatic heterocycles. The molecule has 1 aromatic carbocycles. The summed E-state index contributed by atoms with van der Waals surface area (Å²) in [6.45, 7) is 2.30. The lowest BCUT2D eigenvalue weighted by Crippen LogP contribution is -2.44. The fourth-order valence-corrected chi connectivity index (χ4v) is 3.26. The van der Waals surface area contributed by atoms with Crippen molar-refractivity contribution in [3.63, 3.8) is 0 Å². The maximum Gasteiger partial charge on any atom is 0.251 e. The minimum absolute atomic E-state index is 0.102. The maximum absolute atomic E-state index is 12.4. The SMILES string of the molecule is Cc1c(C(=O)NCC2(O)CCCCC2)ccc2[nH]ccc12. The third-order valence-electron chi connectivity index (χ3n) is 4.61. The van der Waals surface area contributed by atoms with Gasteiger partial charge in [0.1, 0.15) is 0 Å². The molecule has 1 amide bonds. The van der Waals surface area contributed by atoms with Crippen LogP contribution in [0.15, 0.2) is 24.4 Å². The van der Waals surface area contributed by atoms with Crippen molar-refractivity contribution in [2.24, 2.45) is 0 Å². The Balaban J connectivity index is 1.73. The number of fused-ring (bicyclic) bond motifs is 1. The Hall–Kier alpha value is -1.81. The molecule has 1 aliphatic carbocycles. The molecule has 0 radical (unpaired) electrons. The highest BCUT2D eigenvalue weighted by molar-refractivity contribution is 6.00. The second kappa shape index (κ2) is 5.53. The summed E-state index contributed by atoms with van der Waals surface area (Å²) in [7, 11) is 0. The number of rotatable bonds is 3. The summed E-state index contributed by atoms with van der Waals surface area (Å²) in [5.74, 6) is -0.102. The Morgan fingerprint density at radius 3 is 2.81 bits per heavy atom. The first-order chi connectivity index (χ1) is 10.1. The van der Waals surface area contributed by atoms with Gasteiger partial charge < -0.3 is 15.4 Å². The number of aromatic amines is 1. The topological polar surface area (TPSA) is 65.1 Å². The standard InChI is InChI=1S/C17H22N2O2/c1-12-13-7-10-18-15(13)6-5-14(12)16(20)19-11-17(21)8-3-2-4-9-17/h5-7,10,18,21H,2-4,8-9,11H2,1H3,(H,19,20). The van der Waals surface area contributed by atoms with Crippen LogP contribution in [0.1, 0.15) is 48.0 Å². The smallest absolute Gasteiger partial charge is 0.251 e. The van der Waals surface area contributed by atoms with Gasteiger partial charge in [0, 0.05) is 29.2 Å². The molecule has 0 saturated heterocycles. The Kier molecular flexibility index (Phi) is 3.72. The Morgan fingerprint density at radius 2 is 2.05 bits per heavy atom. The summed E-state index contributed by atoms with van der Waals surface area (Å²) in [6.07, 6.45) is 6.71. The van der Waals surface area contributed by atoms with Crippen LogP contribution >= 0.6 is 0 Å². The molecule has 1 saturated carbocycles. The monoisotopic (exact) mass is 286 g/mol. The van der Waals surface area contributed by atoms with Gasteiger partial charge >= 0.3 is 0 Å². The molecule has 2 aromatic rings. The van der Waals surface area contributed by atoms with Crippen LogP contribution in [0.3, 0.4) is 0 Å². The second-order valence-corrected chi connectivity index (χ2v) is 6.14. The number of carbonyl (C=O) groups is 1. The first kappa shape index (κ1) is 14.1. The van der Waals surface area contributed by atoms with Gasteiger partial charge in [0.15, 0.2) is 0 Å². The van der Waals surface area contributed by atoms with Crippen LogP contribution in [0.4, 0.5) is 0 Å². The van der Waals surface area contributed by atoms with Gasteiger partial charge in [0.25, 0.3) is 5.91 Å². The zero-order valence-corrected chi connectivity index (χ0v) is 12.4. The van der Waals surface area contributed by atoms with Gasteiger partial charge in [-0.15, -0.1) is 0 Å². The third-order valence-corrected chi connectivity index (χ3v) is 4.61. The van der Waals surface area contributed by atoms with E-state index in [1.165, 1.54) is 6.42 Å². The second-order valence-electron chi connectivity index (χ2n) is 6.14. The number of aromatic nitrogens is 1. The average molecular weight is 286 g/mol. The van der Waals surface area contributed by atoms with Crippen molar-refractivity contribution in [1.29, 1.82) is 0 Å². The summed E-state index contributed by atoms with van der Waals surface area (Å²) < 4.78 is 0. The Bertz CT molecular complexity index is 654. The molecule has 4 heteroatoms. The largest absolute Gasteiger partial charge is 0.388 e. The van der Waals surface area contributed by atoms with Crippen molar-refractivity contribution in [1.82, 2.24) is 10.3 Å². The number of aryl methyl sites for hydroxylation is 1. The van der Waals surface area contributed by atoms with Gasteiger partial charge in [0.2, 0.25) is 0 Å². The van der Waals surface area contributed by atoms with Gasteiger partial charge in [-0.1, -0.05) is 19.3 Å². The van der Waals surface area contributed by atoms with Crippen LogP contribution in [0, 0.1) is 6.92 Å². The van der Waals surface area contributed by atoms with Crippen LogP contribution < -0.4 is 5.32 Å². The number of nitrogens with one attached hydrogen (secondary N) is 2. The molecule has 112 valence electrons. The van der Waals surface area contributed by atoms with Crippen molar-refractivity contribution in [2.75, 3.05) is 6.54 Å². The summed E-state index contributed by atoms with van der Waals surface area (Å²) in [6, 6.07) is 5.75. The van der Waals surface area contributed by atoms with Crippen LogP contribution in [-0.4, -0.2) is 28.1 Å². The van der Waals surface area contributed by atoms with Crippen molar-refractivity contribution in [3.8, 4) is 0 Å². The number of aliphatic hydroxyl groups is 1. The molecule has 21 heavy (non-hydrogen) atoms. The highest BCUT2D eigenvalue weighted by atomic mass is 16.3. The number of H-pyrrole nitrogens is 1. The van der Waals surface area contributed by atoms with Crippen LogP contribution in [-0.2, 0) is 0 Å². The predicted molar refractivity (Wildman–Crippen MR) is 83.4 cm³/mol. The number of carbonyl (C=O) groups excluding carboxylic acids is 1. The summed E-state index contributed by atoms with van der Waals surface area (Å²) in [5, 5.41) is 14.4. The molecule has 0 spiro atoms. The van der Waals surface area contributed by atoms with Gasteiger partial charge in [0.05, 0.1) is 5.60 Å². The zero-order chi connectivity index (χ0) is 14.9. The van der Waals surface area contributed by atoms with E-state index in [1.54, 1.807) is 0 Å². The fourth-order valence-electron chi connectivity index (χ4n) is 3.26. The molecular weight excluding hydrogens is 264 g/mol. The molecule has 1 fully saturated rings. The molecule has 4 nitrogen and oxygen atoms in total. The number of hydrogen-bond acceptors (Lipinski definition) is 2. The lowest BCUT2D eigenvalue weighted by atomic mass is 9.85. The van der Waals surface area contributed by atoms with Crippen molar-refractivity contribution in [3.05, 3.63) is 35.5 Å². The number of hydrogen-bond donors (Lipinski definition) is 3. The lowest BCUT2D eigenvalue weighted by molar-refractivity contribution is 0.00525. The normalized spacial score (nSPS) is 17.8. The molecule has 1 heterocycles.